The molecule has 18 heavy (non-hydrogen) atoms. The van der Waals surface area contributed by atoms with E-state index in [1.807, 2.05) is 19.1 Å². The number of rotatable bonds is 5. The van der Waals surface area contributed by atoms with Crippen molar-refractivity contribution in [3.05, 3.63) is 51.7 Å². The van der Waals surface area contributed by atoms with Crippen molar-refractivity contribution in [3.63, 3.8) is 0 Å². The molecule has 0 fully saturated rings. The van der Waals surface area contributed by atoms with Gasteiger partial charge in [-0.3, -0.25) is 0 Å². The summed E-state index contributed by atoms with van der Waals surface area (Å²) in [7, 11) is 0. The number of halogens is 1. The first-order valence-electron chi connectivity index (χ1n) is 6.09. The molecule has 2 rings (SSSR count). The SMILES string of the molecule is CCNC(Cc1nc(C)cs1)c1ccc(F)cc1. The Morgan fingerprint density at radius 1 is 1.33 bits per heavy atom. The van der Waals surface area contributed by atoms with Crippen LogP contribution in [-0.2, 0) is 6.42 Å². The fraction of sp³-hybridized carbons (Fsp3) is 0.357. The zero-order chi connectivity index (χ0) is 13.0. The lowest BCUT2D eigenvalue weighted by molar-refractivity contribution is 0.546. The van der Waals surface area contributed by atoms with Crippen molar-refractivity contribution in [2.24, 2.45) is 0 Å². The zero-order valence-electron chi connectivity index (χ0n) is 10.6. The summed E-state index contributed by atoms with van der Waals surface area (Å²) in [6.07, 6.45) is 0.845. The predicted octanol–water partition coefficient (Wildman–Crippen LogP) is 3.48. The van der Waals surface area contributed by atoms with E-state index in [2.05, 4.69) is 22.6 Å². The lowest BCUT2D eigenvalue weighted by Gasteiger charge is -2.17. The van der Waals surface area contributed by atoms with Gasteiger partial charge in [0.15, 0.2) is 0 Å². The van der Waals surface area contributed by atoms with Crippen molar-refractivity contribution in [1.29, 1.82) is 0 Å². The van der Waals surface area contributed by atoms with E-state index in [-0.39, 0.29) is 11.9 Å². The Morgan fingerprint density at radius 2 is 2.06 bits per heavy atom. The van der Waals surface area contributed by atoms with Crippen LogP contribution in [0.25, 0.3) is 0 Å². The smallest absolute Gasteiger partial charge is 0.123 e. The molecule has 1 atom stereocenters. The van der Waals surface area contributed by atoms with E-state index >= 15 is 0 Å². The third-order valence-electron chi connectivity index (χ3n) is 2.77. The number of nitrogens with zero attached hydrogens (tertiary/aromatic N) is 1. The van der Waals surface area contributed by atoms with E-state index in [0.717, 1.165) is 29.2 Å². The zero-order valence-corrected chi connectivity index (χ0v) is 11.4. The fourth-order valence-corrected chi connectivity index (χ4v) is 2.74. The molecule has 1 unspecified atom stereocenters. The minimum atomic E-state index is -0.195. The van der Waals surface area contributed by atoms with Crippen LogP contribution in [0.2, 0.25) is 0 Å². The van der Waals surface area contributed by atoms with Crippen LogP contribution >= 0.6 is 11.3 Å². The summed E-state index contributed by atoms with van der Waals surface area (Å²) in [5.74, 6) is -0.195. The van der Waals surface area contributed by atoms with Crippen molar-refractivity contribution in [2.75, 3.05) is 6.54 Å². The van der Waals surface area contributed by atoms with Gasteiger partial charge in [-0.05, 0) is 31.2 Å². The molecule has 1 N–H and O–H groups in total. The number of benzene rings is 1. The van der Waals surface area contributed by atoms with Crippen LogP contribution in [0, 0.1) is 12.7 Å². The second kappa shape index (κ2) is 6.07. The maximum absolute atomic E-state index is 12.9. The molecule has 0 saturated carbocycles. The summed E-state index contributed by atoms with van der Waals surface area (Å²) in [6.45, 7) is 4.95. The van der Waals surface area contributed by atoms with Crippen LogP contribution in [0.3, 0.4) is 0 Å². The molecule has 0 aliphatic rings. The summed E-state index contributed by atoms with van der Waals surface area (Å²) in [5.41, 5.74) is 2.16. The summed E-state index contributed by atoms with van der Waals surface area (Å²) in [6, 6.07) is 6.88. The van der Waals surface area contributed by atoms with Crippen LogP contribution in [0.4, 0.5) is 4.39 Å². The first kappa shape index (κ1) is 13.2. The van der Waals surface area contributed by atoms with Gasteiger partial charge in [0, 0.05) is 23.5 Å². The van der Waals surface area contributed by atoms with Gasteiger partial charge < -0.3 is 5.32 Å². The number of aromatic nitrogens is 1. The molecule has 4 heteroatoms. The van der Waals surface area contributed by atoms with Crippen molar-refractivity contribution in [3.8, 4) is 0 Å². The summed E-state index contributed by atoms with van der Waals surface area (Å²) >= 11 is 1.68. The van der Waals surface area contributed by atoms with Crippen molar-refractivity contribution in [2.45, 2.75) is 26.3 Å². The Kier molecular flexibility index (Phi) is 4.44. The maximum atomic E-state index is 12.9. The molecule has 0 saturated heterocycles. The highest BCUT2D eigenvalue weighted by atomic mass is 32.1. The number of hydrogen-bond acceptors (Lipinski definition) is 3. The molecule has 0 spiro atoms. The average Bonchev–Trinajstić information content (AvgIpc) is 2.75. The molecular formula is C14H17FN2S. The second-order valence-corrected chi connectivity index (χ2v) is 5.19. The molecule has 0 bridgehead atoms. The monoisotopic (exact) mass is 264 g/mol. The highest BCUT2D eigenvalue weighted by Crippen LogP contribution is 2.21. The lowest BCUT2D eigenvalue weighted by atomic mass is 10.0. The van der Waals surface area contributed by atoms with E-state index in [9.17, 15) is 4.39 Å². The summed E-state index contributed by atoms with van der Waals surface area (Å²) in [5, 5.41) is 6.59. The molecule has 2 nitrogen and oxygen atoms in total. The third-order valence-corrected chi connectivity index (χ3v) is 3.76. The predicted molar refractivity (Wildman–Crippen MR) is 73.4 cm³/mol. The van der Waals surface area contributed by atoms with E-state index in [1.54, 1.807) is 11.3 Å². The molecule has 1 aromatic carbocycles. The molecule has 1 aromatic heterocycles. The molecule has 0 radical (unpaired) electrons. The molecule has 2 aromatic rings. The Hall–Kier alpha value is -1.26. The minimum absolute atomic E-state index is 0.195. The second-order valence-electron chi connectivity index (χ2n) is 4.25. The normalized spacial score (nSPS) is 12.6. The van der Waals surface area contributed by atoms with Gasteiger partial charge in [0.1, 0.15) is 5.82 Å². The molecule has 0 aliphatic heterocycles. The Morgan fingerprint density at radius 3 is 2.61 bits per heavy atom. The molecule has 1 heterocycles. The number of aryl methyl sites for hydroxylation is 1. The van der Waals surface area contributed by atoms with Crippen LogP contribution in [0.1, 0.15) is 29.2 Å². The topological polar surface area (TPSA) is 24.9 Å². The van der Waals surface area contributed by atoms with Crippen molar-refractivity contribution < 1.29 is 4.39 Å². The Bertz CT molecular complexity index is 493. The minimum Gasteiger partial charge on any atom is -0.310 e. The summed E-state index contributed by atoms with van der Waals surface area (Å²) in [4.78, 5) is 4.48. The lowest BCUT2D eigenvalue weighted by Crippen LogP contribution is -2.22. The van der Waals surface area contributed by atoms with Gasteiger partial charge in [-0.2, -0.15) is 0 Å². The highest BCUT2D eigenvalue weighted by molar-refractivity contribution is 7.09. The van der Waals surface area contributed by atoms with Gasteiger partial charge in [-0.15, -0.1) is 11.3 Å². The van der Waals surface area contributed by atoms with E-state index in [0.29, 0.717) is 0 Å². The molecule has 96 valence electrons. The van der Waals surface area contributed by atoms with Gasteiger partial charge in [0.05, 0.1) is 5.01 Å². The fourth-order valence-electron chi connectivity index (χ4n) is 1.92. The maximum Gasteiger partial charge on any atom is 0.123 e. The van der Waals surface area contributed by atoms with E-state index < -0.39 is 0 Å². The van der Waals surface area contributed by atoms with Gasteiger partial charge in [-0.25, -0.2) is 9.37 Å². The van der Waals surface area contributed by atoms with Gasteiger partial charge >= 0.3 is 0 Å². The quantitative estimate of drug-likeness (QED) is 0.894. The summed E-state index contributed by atoms with van der Waals surface area (Å²) < 4.78 is 12.9. The van der Waals surface area contributed by atoms with Crippen LogP contribution < -0.4 is 5.32 Å². The Balaban J connectivity index is 2.14. The molecule has 0 amide bonds. The largest absolute Gasteiger partial charge is 0.310 e. The number of nitrogens with one attached hydrogen (secondary N) is 1. The van der Waals surface area contributed by atoms with Crippen LogP contribution in [-0.4, -0.2) is 11.5 Å². The van der Waals surface area contributed by atoms with Gasteiger partial charge in [-0.1, -0.05) is 19.1 Å². The van der Waals surface area contributed by atoms with Gasteiger partial charge in [0.2, 0.25) is 0 Å². The first-order valence-corrected chi connectivity index (χ1v) is 6.97. The number of hydrogen-bond donors (Lipinski definition) is 1. The Labute approximate surface area is 111 Å². The van der Waals surface area contributed by atoms with Crippen molar-refractivity contribution in [1.82, 2.24) is 10.3 Å². The molecule has 0 aliphatic carbocycles. The van der Waals surface area contributed by atoms with Crippen molar-refractivity contribution >= 4 is 11.3 Å². The number of thiazole rings is 1. The van der Waals surface area contributed by atoms with Gasteiger partial charge in [0.25, 0.3) is 0 Å². The third kappa shape index (κ3) is 3.37. The average molecular weight is 264 g/mol. The highest BCUT2D eigenvalue weighted by Gasteiger charge is 2.13. The number of likely N-dealkylation sites (N-methyl/N-ethyl adjacent to an activating group) is 1. The molecular weight excluding hydrogens is 247 g/mol. The van der Waals surface area contributed by atoms with Crippen LogP contribution in [0.15, 0.2) is 29.6 Å². The van der Waals surface area contributed by atoms with E-state index in [1.165, 1.54) is 12.1 Å². The van der Waals surface area contributed by atoms with Crippen LogP contribution in [0.5, 0.6) is 0 Å². The van der Waals surface area contributed by atoms with E-state index in [4.69, 9.17) is 0 Å². The first-order chi connectivity index (χ1) is 8.69. The standard InChI is InChI=1S/C14H17FN2S/c1-3-16-13(8-14-17-10(2)9-18-14)11-4-6-12(15)7-5-11/h4-7,9,13,16H,3,8H2,1-2H3.